The van der Waals surface area contributed by atoms with Crippen molar-refractivity contribution < 1.29 is 0 Å². The number of hydrogen-bond acceptors (Lipinski definition) is 4. The Balaban J connectivity index is 2.15. The van der Waals surface area contributed by atoms with Crippen LogP contribution in [-0.4, -0.2) is 16.5 Å². The maximum absolute atomic E-state index is 6.34. The molecule has 0 aliphatic carbocycles. The quantitative estimate of drug-likeness (QED) is 0.906. The van der Waals surface area contributed by atoms with Gasteiger partial charge >= 0.3 is 0 Å². The first kappa shape index (κ1) is 14.3. The lowest BCUT2D eigenvalue weighted by Crippen LogP contribution is -2.17. The maximum atomic E-state index is 6.34. The Morgan fingerprint density at radius 1 is 1.37 bits per heavy atom. The predicted molar refractivity (Wildman–Crippen MR) is 79.7 cm³/mol. The van der Waals surface area contributed by atoms with Gasteiger partial charge < -0.3 is 5.32 Å². The highest BCUT2D eigenvalue weighted by molar-refractivity contribution is 7.99. The molecule has 100 valence electrons. The molecular weight excluding hydrogens is 278 g/mol. The zero-order chi connectivity index (χ0) is 13.7. The summed E-state index contributed by atoms with van der Waals surface area (Å²) in [5, 5.41) is 5.00. The van der Waals surface area contributed by atoms with E-state index in [0.717, 1.165) is 27.1 Å². The van der Waals surface area contributed by atoms with Crippen LogP contribution in [0.1, 0.15) is 25.5 Å². The van der Waals surface area contributed by atoms with Crippen molar-refractivity contribution >= 4 is 23.4 Å². The van der Waals surface area contributed by atoms with E-state index in [0.29, 0.717) is 0 Å². The second-order valence-corrected chi connectivity index (χ2v) is 5.61. The molecule has 5 heteroatoms. The second-order valence-electron chi connectivity index (χ2n) is 4.11. The van der Waals surface area contributed by atoms with Gasteiger partial charge in [0.1, 0.15) is 5.03 Å². The molecule has 0 saturated heterocycles. The summed E-state index contributed by atoms with van der Waals surface area (Å²) in [5.41, 5.74) is 1.12. The van der Waals surface area contributed by atoms with Crippen LogP contribution in [0.5, 0.6) is 0 Å². The molecule has 2 rings (SSSR count). The molecule has 0 aliphatic rings. The van der Waals surface area contributed by atoms with Crippen molar-refractivity contribution in [3.63, 3.8) is 0 Å². The van der Waals surface area contributed by atoms with E-state index in [1.165, 1.54) is 0 Å². The third-order valence-corrected chi connectivity index (χ3v) is 3.95. The summed E-state index contributed by atoms with van der Waals surface area (Å²) in [4.78, 5) is 9.35. The molecule has 0 amide bonds. The van der Waals surface area contributed by atoms with Crippen molar-refractivity contribution in [2.75, 3.05) is 6.54 Å². The average Bonchev–Trinajstić information content (AvgIpc) is 2.40. The summed E-state index contributed by atoms with van der Waals surface area (Å²) in [6.45, 7) is 5.12. The van der Waals surface area contributed by atoms with Crippen LogP contribution in [0.25, 0.3) is 0 Å². The molecule has 0 radical (unpaired) electrons. The number of rotatable bonds is 5. The molecule has 19 heavy (non-hydrogen) atoms. The van der Waals surface area contributed by atoms with Crippen LogP contribution in [0.2, 0.25) is 5.02 Å². The third-order valence-electron chi connectivity index (χ3n) is 2.71. The molecule has 0 fully saturated rings. The minimum absolute atomic E-state index is 0.257. The minimum atomic E-state index is 0.257. The number of hydrogen-bond donors (Lipinski definition) is 1. The molecule has 1 unspecified atom stereocenters. The maximum Gasteiger partial charge on any atom is 0.119 e. The summed E-state index contributed by atoms with van der Waals surface area (Å²) in [7, 11) is 0. The Bertz CT molecular complexity index is 533. The fourth-order valence-corrected chi connectivity index (χ4v) is 2.99. The standard InChI is InChI=1S/C14H16ClN3S/c1-3-17-10(2)12-5-4-11(8-13(12)15)19-14-9-16-6-7-18-14/h4-10,17H,3H2,1-2H3. The molecule has 1 N–H and O–H groups in total. The average molecular weight is 294 g/mol. The first-order valence-corrected chi connectivity index (χ1v) is 7.37. The highest BCUT2D eigenvalue weighted by Gasteiger charge is 2.09. The lowest BCUT2D eigenvalue weighted by molar-refractivity contribution is 0.598. The van der Waals surface area contributed by atoms with Gasteiger partial charge in [0.15, 0.2) is 0 Å². The Hall–Kier alpha value is -1.10. The molecular formula is C14H16ClN3S. The summed E-state index contributed by atoms with van der Waals surface area (Å²) >= 11 is 7.89. The van der Waals surface area contributed by atoms with Crippen LogP contribution in [0.15, 0.2) is 46.7 Å². The minimum Gasteiger partial charge on any atom is -0.310 e. The van der Waals surface area contributed by atoms with Crippen molar-refractivity contribution in [2.45, 2.75) is 29.8 Å². The van der Waals surface area contributed by atoms with Crippen LogP contribution >= 0.6 is 23.4 Å². The van der Waals surface area contributed by atoms with Gasteiger partial charge in [-0.15, -0.1) is 0 Å². The highest BCUT2D eigenvalue weighted by Crippen LogP contribution is 2.31. The van der Waals surface area contributed by atoms with Gasteiger partial charge in [-0.2, -0.15) is 0 Å². The van der Waals surface area contributed by atoms with Gasteiger partial charge in [-0.05, 0) is 31.2 Å². The Morgan fingerprint density at radius 2 is 2.21 bits per heavy atom. The zero-order valence-electron chi connectivity index (χ0n) is 10.9. The molecule has 2 aromatic rings. The molecule has 1 heterocycles. The van der Waals surface area contributed by atoms with E-state index in [2.05, 4.69) is 41.3 Å². The van der Waals surface area contributed by atoms with Crippen molar-refractivity contribution in [1.29, 1.82) is 0 Å². The molecule has 1 aromatic heterocycles. The van der Waals surface area contributed by atoms with Gasteiger partial charge in [-0.25, -0.2) is 4.98 Å². The Morgan fingerprint density at radius 3 is 2.84 bits per heavy atom. The van der Waals surface area contributed by atoms with E-state index < -0.39 is 0 Å². The highest BCUT2D eigenvalue weighted by atomic mass is 35.5. The first-order valence-electron chi connectivity index (χ1n) is 6.17. The van der Waals surface area contributed by atoms with E-state index >= 15 is 0 Å². The summed E-state index contributed by atoms with van der Waals surface area (Å²) in [6.07, 6.45) is 5.09. The van der Waals surface area contributed by atoms with Crippen molar-refractivity contribution in [3.8, 4) is 0 Å². The fourth-order valence-electron chi connectivity index (χ4n) is 1.80. The number of halogens is 1. The summed E-state index contributed by atoms with van der Waals surface area (Å²) in [5.74, 6) is 0. The zero-order valence-corrected chi connectivity index (χ0v) is 12.5. The number of nitrogens with zero attached hydrogens (tertiary/aromatic N) is 2. The Labute approximate surface area is 122 Å². The normalized spacial score (nSPS) is 12.4. The van der Waals surface area contributed by atoms with E-state index in [9.17, 15) is 0 Å². The molecule has 0 aliphatic heterocycles. The smallest absolute Gasteiger partial charge is 0.119 e. The third kappa shape index (κ3) is 3.93. The summed E-state index contributed by atoms with van der Waals surface area (Å²) < 4.78 is 0. The van der Waals surface area contributed by atoms with Gasteiger partial charge in [-0.3, -0.25) is 4.98 Å². The van der Waals surface area contributed by atoms with Crippen molar-refractivity contribution in [3.05, 3.63) is 47.4 Å². The largest absolute Gasteiger partial charge is 0.310 e. The SMILES string of the molecule is CCNC(C)c1ccc(Sc2cnccn2)cc1Cl. The molecule has 1 atom stereocenters. The van der Waals surface area contributed by atoms with E-state index in [1.54, 1.807) is 30.4 Å². The monoisotopic (exact) mass is 293 g/mol. The fraction of sp³-hybridized carbons (Fsp3) is 0.286. The van der Waals surface area contributed by atoms with E-state index in [1.807, 2.05) is 6.07 Å². The first-order chi connectivity index (χ1) is 9.20. The Kier molecular flexibility index (Phi) is 5.19. The van der Waals surface area contributed by atoms with E-state index in [-0.39, 0.29) is 6.04 Å². The summed E-state index contributed by atoms with van der Waals surface area (Å²) in [6, 6.07) is 6.36. The van der Waals surface area contributed by atoms with Crippen LogP contribution in [0.4, 0.5) is 0 Å². The topological polar surface area (TPSA) is 37.8 Å². The van der Waals surface area contributed by atoms with Crippen LogP contribution in [0.3, 0.4) is 0 Å². The van der Waals surface area contributed by atoms with Crippen LogP contribution in [-0.2, 0) is 0 Å². The molecule has 1 aromatic carbocycles. The molecule has 3 nitrogen and oxygen atoms in total. The van der Waals surface area contributed by atoms with Gasteiger partial charge in [0.05, 0.1) is 6.20 Å². The molecule has 0 bridgehead atoms. The van der Waals surface area contributed by atoms with Gasteiger partial charge in [0, 0.05) is 28.4 Å². The molecule has 0 spiro atoms. The van der Waals surface area contributed by atoms with Gasteiger partial charge in [-0.1, -0.05) is 36.4 Å². The molecule has 0 saturated carbocycles. The van der Waals surface area contributed by atoms with E-state index in [4.69, 9.17) is 11.6 Å². The second kappa shape index (κ2) is 6.89. The number of benzene rings is 1. The van der Waals surface area contributed by atoms with Gasteiger partial charge in [0.2, 0.25) is 0 Å². The van der Waals surface area contributed by atoms with Crippen molar-refractivity contribution in [2.24, 2.45) is 0 Å². The number of aromatic nitrogens is 2. The lowest BCUT2D eigenvalue weighted by atomic mass is 10.1. The van der Waals surface area contributed by atoms with Crippen LogP contribution < -0.4 is 5.32 Å². The van der Waals surface area contributed by atoms with Crippen LogP contribution in [0, 0.1) is 0 Å². The van der Waals surface area contributed by atoms with Gasteiger partial charge in [0.25, 0.3) is 0 Å². The number of nitrogens with one attached hydrogen (secondary N) is 1. The van der Waals surface area contributed by atoms with Crippen molar-refractivity contribution in [1.82, 2.24) is 15.3 Å². The predicted octanol–water partition coefficient (Wildman–Crippen LogP) is 3.95. The lowest BCUT2D eigenvalue weighted by Gasteiger charge is -2.15.